The van der Waals surface area contributed by atoms with Gasteiger partial charge in [0.25, 0.3) is 5.91 Å². The molecule has 0 rings (SSSR count). The van der Waals surface area contributed by atoms with E-state index >= 15 is 0 Å². The summed E-state index contributed by atoms with van der Waals surface area (Å²) in [6.07, 6.45) is -0.594. The number of nitrogens with one attached hydrogen (secondary N) is 1. The van der Waals surface area contributed by atoms with Crippen LogP contribution in [0.1, 0.15) is 12.8 Å². The molecule has 0 aromatic rings. The van der Waals surface area contributed by atoms with Crippen molar-refractivity contribution in [1.82, 2.24) is 5.32 Å². The molecule has 0 unspecified atom stereocenters. The second-order valence-electron chi connectivity index (χ2n) is 2.63. The predicted octanol–water partition coefficient (Wildman–Crippen LogP) is 0.224. The number of hydrogen-bond acceptors (Lipinski definition) is 3. The number of aliphatic carboxylic acids is 2. The van der Waals surface area contributed by atoms with Crippen LogP contribution in [0.15, 0.2) is 0 Å². The van der Waals surface area contributed by atoms with Crippen LogP contribution >= 0.6 is 23.2 Å². The lowest BCUT2D eigenvalue weighted by atomic mass is 10.1. The smallest absolute Gasteiger partial charge is 0.326 e. The Bertz CT molecular complexity index is 268. The van der Waals surface area contributed by atoms with E-state index in [9.17, 15) is 14.4 Å². The molecule has 0 saturated carbocycles. The number of carbonyl (C=O) groups is 3. The lowest BCUT2D eigenvalue weighted by Crippen LogP contribution is -2.43. The first-order valence-electron chi connectivity index (χ1n) is 3.87. The number of carboxylic acid groups (broad SMARTS) is 2. The lowest BCUT2D eigenvalue weighted by Gasteiger charge is -2.13. The van der Waals surface area contributed by atoms with Gasteiger partial charge in [0, 0.05) is 6.42 Å². The molecule has 0 aliphatic carbocycles. The Labute approximate surface area is 95.2 Å². The maximum absolute atomic E-state index is 10.9. The Balaban J connectivity index is 4.22. The summed E-state index contributed by atoms with van der Waals surface area (Å²) < 4.78 is 0. The average molecular weight is 258 g/mol. The molecular formula is C7H9Cl2NO5. The molecule has 0 aromatic carbocycles. The molecule has 8 heteroatoms. The Morgan fingerprint density at radius 3 is 2.07 bits per heavy atom. The van der Waals surface area contributed by atoms with E-state index in [0.29, 0.717) is 0 Å². The zero-order valence-electron chi connectivity index (χ0n) is 7.44. The molecule has 86 valence electrons. The molecule has 15 heavy (non-hydrogen) atoms. The number of carbonyl (C=O) groups excluding carboxylic acids is 1. The number of rotatable bonds is 6. The van der Waals surface area contributed by atoms with Gasteiger partial charge in [0.15, 0.2) is 4.84 Å². The molecule has 6 nitrogen and oxygen atoms in total. The SMILES string of the molecule is O=C(O)CC[C@H](NC(=O)C(Cl)Cl)C(=O)O. The summed E-state index contributed by atoms with van der Waals surface area (Å²) in [4.78, 5) is 30.3. The maximum Gasteiger partial charge on any atom is 0.326 e. The fraction of sp³-hybridized carbons (Fsp3) is 0.571. The van der Waals surface area contributed by atoms with E-state index in [1.165, 1.54) is 0 Å². The van der Waals surface area contributed by atoms with Crippen LogP contribution in [0, 0.1) is 0 Å². The quantitative estimate of drug-likeness (QED) is 0.591. The summed E-state index contributed by atoms with van der Waals surface area (Å²) in [7, 11) is 0. The highest BCUT2D eigenvalue weighted by atomic mass is 35.5. The molecule has 1 amide bonds. The van der Waals surface area contributed by atoms with Crippen LogP contribution in [0.3, 0.4) is 0 Å². The minimum atomic E-state index is -1.38. The second-order valence-corrected chi connectivity index (χ2v) is 3.73. The first-order valence-corrected chi connectivity index (χ1v) is 4.75. The zero-order valence-corrected chi connectivity index (χ0v) is 8.96. The largest absolute Gasteiger partial charge is 0.481 e. The molecule has 0 radical (unpaired) electrons. The monoisotopic (exact) mass is 257 g/mol. The van der Waals surface area contributed by atoms with Gasteiger partial charge in [0.05, 0.1) is 0 Å². The van der Waals surface area contributed by atoms with Crippen LogP contribution in [0.4, 0.5) is 0 Å². The van der Waals surface area contributed by atoms with E-state index in [2.05, 4.69) is 0 Å². The summed E-state index contributed by atoms with van der Waals surface area (Å²) in [5.74, 6) is -3.35. The van der Waals surface area contributed by atoms with Gasteiger partial charge in [-0.25, -0.2) is 4.79 Å². The van der Waals surface area contributed by atoms with Crippen molar-refractivity contribution >= 4 is 41.0 Å². The summed E-state index contributed by atoms with van der Waals surface area (Å²) in [5, 5.41) is 19.0. The third kappa shape index (κ3) is 6.14. The Hall–Kier alpha value is -1.01. The molecule has 0 heterocycles. The normalized spacial score (nSPS) is 12.2. The highest BCUT2D eigenvalue weighted by Gasteiger charge is 2.23. The Morgan fingerprint density at radius 1 is 1.20 bits per heavy atom. The maximum atomic E-state index is 10.9. The van der Waals surface area contributed by atoms with E-state index in [1.807, 2.05) is 5.32 Å². The van der Waals surface area contributed by atoms with Crippen molar-refractivity contribution in [2.45, 2.75) is 23.7 Å². The van der Waals surface area contributed by atoms with Crippen molar-refractivity contribution in [1.29, 1.82) is 0 Å². The van der Waals surface area contributed by atoms with Gasteiger partial charge in [0.1, 0.15) is 6.04 Å². The Kier molecular flexibility index (Phi) is 6.03. The highest BCUT2D eigenvalue weighted by molar-refractivity contribution is 6.53. The molecule has 0 aliphatic heterocycles. The van der Waals surface area contributed by atoms with Crippen LogP contribution in [0.25, 0.3) is 0 Å². The molecule has 3 N–H and O–H groups in total. The van der Waals surface area contributed by atoms with Crippen LogP contribution in [-0.4, -0.2) is 38.9 Å². The van der Waals surface area contributed by atoms with Crippen molar-refractivity contribution in [2.75, 3.05) is 0 Å². The molecule has 0 saturated heterocycles. The minimum absolute atomic E-state index is 0.225. The summed E-state index contributed by atoms with van der Waals surface area (Å²) >= 11 is 10.4. The minimum Gasteiger partial charge on any atom is -0.481 e. The molecule has 0 spiro atoms. The van der Waals surface area contributed by atoms with Gasteiger partial charge in [-0.05, 0) is 6.42 Å². The molecule has 0 aromatic heterocycles. The van der Waals surface area contributed by atoms with Crippen molar-refractivity contribution < 1.29 is 24.6 Å². The molecule has 0 fully saturated rings. The van der Waals surface area contributed by atoms with Gasteiger partial charge in [-0.2, -0.15) is 0 Å². The number of hydrogen-bond donors (Lipinski definition) is 3. The topological polar surface area (TPSA) is 104 Å². The number of halogens is 2. The van der Waals surface area contributed by atoms with Gasteiger partial charge in [-0.3, -0.25) is 9.59 Å². The van der Waals surface area contributed by atoms with E-state index in [1.54, 1.807) is 0 Å². The number of carboxylic acids is 2. The molecule has 0 bridgehead atoms. The summed E-state index contributed by atoms with van der Waals surface area (Å²) in [6.45, 7) is 0. The van der Waals surface area contributed by atoms with Crippen molar-refractivity contribution in [3.63, 3.8) is 0 Å². The van der Waals surface area contributed by atoms with Crippen LogP contribution in [0.2, 0.25) is 0 Å². The molecular weight excluding hydrogens is 249 g/mol. The van der Waals surface area contributed by atoms with Crippen molar-refractivity contribution in [2.24, 2.45) is 0 Å². The van der Waals surface area contributed by atoms with Crippen LogP contribution in [-0.2, 0) is 14.4 Å². The standard InChI is InChI=1S/C7H9Cl2NO5/c8-5(9)6(13)10-3(7(14)15)1-2-4(11)12/h3,5H,1-2H2,(H,10,13)(H,11,12)(H,14,15)/t3-/m0/s1. The fourth-order valence-electron chi connectivity index (χ4n) is 0.760. The summed E-state index contributed by atoms with van der Waals surface area (Å²) in [6, 6.07) is -1.30. The summed E-state index contributed by atoms with van der Waals surface area (Å²) in [5.41, 5.74) is 0. The predicted molar refractivity (Wildman–Crippen MR) is 51.9 cm³/mol. The van der Waals surface area contributed by atoms with Gasteiger partial charge < -0.3 is 15.5 Å². The molecule has 1 atom stereocenters. The van der Waals surface area contributed by atoms with Crippen LogP contribution < -0.4 is 5.32 Å². The van der Waals surface area contributed by atoms with E-state index in [0.717, 1.165) is 0 Å². The number of amides is 1. The first-order chi connectivity index (χ1) is 6.84. The lowest BCUT2D eigenvalue weighted by molar-refractivity contribution is -0.142. The second kappa shape index (κ2) is 6.47. The van der Waals surface area contributed by atoms with Gasteiger partial charge in [-0.1, -0.05) is 23.2 Å². The number of alkyl halides is 2. The Morgan fingerprint density at radius 2 is 1.73 bits per heavy atom. The van der Waals surface area contributed by atoms with E-state index in [4.69, 9.17) is 33.4 Å². The van der Waals surface area contributed by atoms with Crippen LogP contribution in [0.5, 0.6) is 0 Å². The van der Waals surface area contributed by atoms with E-state index in [-0.39, 0.29) is 12.8 Å². The first kappa shape index (κ1) is 14.0. The van der Waals surface area contributed by atoms with Gasteiger partial charge in [-0.15, -0.1) is 0 Å². The van der Waals surface area contributed by atoms with E-state index < -0.39 is 28.7 Å². The third-order valence-corrected chi connectivity index (χ3v) is 1.86. The third-order valence-electron chi connectivity index (χ3n) is 1.46. The highest BCUT2D eigenvalue weighted by Crippen LogP contribution is 2.04. The fourth-order valence-corrected chi connectivity index (χ4v) is 0.886. The van der Waals surface area contributed by atoms with Gasteiger partial charge >= 0.3 is 11.9 Å². The van der Waals surface area contributed by atoms with Crippen molar-refractivity contribution in [3.8, 4) is 0 Å². The molecule has 0 aliphatic rings. The van der Waals surface area contributed by atoms with Crippen molar-refractivity contribution in [3.05, 3.63) is 0 Å². The van der Waals surface area contributed by atoms with Gasteiger partial charge in [0.2, 0.25) is 0 Å². The zero-order chi connectivity index (χ0) is 12.0. The average Bonchev–Trinajstić information content (AvgIpc) is 2.10.